The lowest BCUT2D eigenvalue weighted by atomic mass is 10.1. The summed E-state index contributed by atoms with van der Waals surface area (Å²) in [4.78, 5) is 0. The topological polar surface area (TPSA) is 75.8 Å². The van der Waals surface area contributed by atoms with Gasteiger partial charge in [-0.1, -0.05) is 11.8 Å². The molecule has 136 valence electrons. The van der Waals surface area contributed by atoms with Crippen molar-refractivity contribution >= 4 is 21.6 Å². The average molecular weight is 395 g/mol. The molecule has 0 fully saturated rings. The molecule has 0 N–H and O–H groups in total. The fourth-order valence-electron chi connectivity index (χ4n) is 1.54. The van der Waals surface area contributed by atoms with Crippen LogP contribution in [0.15, 0.2) is 12.3 Å². The van der Waals surface area contributed by atoms with Gasteiger partial charge in [-0.2, -0.15) is 36.7 Å². The highest BCUT2D eigenvalue weighted by Crippen LogP contribution is 2.34. The van der Waals surface area contributed by atoms with E-state index in [1.54, 1.807) is 0 Å². The molecule has 1 heterocycles. The van der Waals surface area contributed by atoms with Crippen molar-refractivity contribution in [3.63, 3.8) is 0 Å². The molecule has 1 unspecified atom stereocenters. The van der Waals surface area contributed by atoms with E-state index in [1.807, 2.05) is 0 Å². The van der Waals surface area contributed by atoms with Crippen LogP contribution in [0.1, 0.15) is 19.0 Å². The number of hydrogen-bond acceptors (Lipinski definition) is 5. The Labute approximate surface area is 137 Å². The molecule has 0 amide bonds. The van der Waals surface area contributed by atoms with Crippen LogP contribution in [0.25, 0.3) is 0 Å². The van der Waals surface area contributed by atoms with Crippen molar-refractivity contribution in [3.05, 3.63) is 18.0 Å². The van der Waals surface area contributed by atoms with Crippen molar-refractivity contribution in [1.29, 1.82) is 5.26 Å². The second kappa shape index (κ2) is 6.83. The molecule has 13 heteroatoms. The van der Waals surface area contributed by atoms with E-state index < -0.39 is 61.8 Å². The van der Waals surface area contributed by atoms with Gasteiger partial charge in [0.15, 0.2) is 20.3 Å². The largest absolute Gasteiger partial charge is 0.441 e. The molecule has 1 atom stereocenters. The molecule has 0 bridgehead atoms. The predicted octanol–water partition coefficient (Wildman–Crippen LogP) is 3.20. The van der Waals surface area contributed by atoms with E-state index >= 15 is 0 Å². The van der Waals surface area contributed by atoms with Gasteiger partial charge >= 0.3 is 11.7 Å². The fourth-order valence-corrected chi connectivity index (χ4v) is 3.74. The molecule has 24 heavy (non-hydrogen) atoms. The van der Waals surface area contributed by atoms with Crippen LogP contribution in [0.3, 0.4) is 0 Å². The van der Waals surface area contributed by atoms with Gasteiger partial charge in [-0.05, 0) is 19.4 Å². The van der Waals surface area contributed by atoms with Gasteiger partial charge in [0, 0.05) is 11.9 Å². The number of rotatable bonds is 6. The Bertz CT molecular complexity index is 719. The van der Waals surface area contributed by atoms with Crippen LogP contribution in [0, 0.1) is 11.3 Å². The summed E-state index contributed by atoms with van der Waals surface area (Å²) in [5.74, 6) is -1.73. The summed E-state index contributed by atoms with van der Waals surface area (Å²) in [6.07, 6.45) is -4.64. The lowest BCUT2D eigenvalue weighted by molar-refractivity contribution is -0.141. The minimum absolute atomic E-state index is 0.477. The highest BCUT2D eigenvalue weighted by Gasteiger charge is 2.41. The van der Waals surface area contributed by atoms with Crippen LogP contribution < -0.4 is 0 Å². The van der Waals surface area contributed by atoms with Crippen molar-refractivity contribution in [2.24, 2.45) is 0 Å². The Hall–Kier alpha value is -1.42. The molecular weight excluding hydrogens is 384 g/mol. The molecule has 0 saturated carbocycles. The average Bonchev–Trinajstić information content (AvgIpc) is 2.84. The summed E-state index contributed by atoms with van der Waals surface area (Å²) in [6.45, 7) is 0.924. The maximum Gasteiger partial charge on any atom is 0.441 e. The SMILES string of the molecule is CC(C#N)(CCSC(F)(F)F)S(=O)(=O)Cn1ccc(C(F)(F)F)n1. The van der Waals surface area contributed by atoms with Crippen LogP contribution in [-0.2, 0) is 21.9 Å². The number of alkyl halides is 6. The molecule has 5 nitrogen and oxygen atoms in total. The zero-order valence-electron chi connectivity index (χ0n) is 12.0. The Kier molecular flexibility index (Phi) is 5.87. The quantitative estimate of drug-likeness (QED) is 0.692. The van der Waals surface area contributed by atoms with Gasteiger partial charge in [-0.25, -0.2) is 8.42 Å². The first-order chi connectivity index (χ1) is 10.7. The van der Waals surface area contributed by atoms with E-state index in [9.17, 15) is 34.8 Å². The van der Waals surface area contributed by atoms with Crippen molar-refractivity contribution in [2.75, 3.05) is 5.75 Å². The Balaban J connectivity index is 2.91. The number of nitrogens with zero attached hydrogens (tertiary/aromatic N) is 3. The molecule has 0 aromatic carbocycles. The molecule has 0 radical (unpaired) electrons. The van der Waals surface area contributed by atoms with E-state index in [1.165, 1.54) is 6.07 Å². The number of nitriles is 1. The summed E-state index contributed by atoms with van der Waals surface area (Å²) in [6, 6.07) is 1.98. The number of sulfone groups is 1. The third kappa shape index (κ3) is 5.30. The first kappa shape index (κ1) is 20.6. The van der Waals surface area contributed by atoms with E-state index in [0.717, 1.165) is 13.1 Å². The zero-order chi connectivity index (χ0) is 18.8. The van der Waals surface area contributed by atoms with Crippen LogP contribution in [-0.4, -0.2) is 34.2 Å². The number of aromatic nitrogens is 2. The molecule has 0 saturated heterocycles. The fraction of sp³-hybridized carbons (Fsp3) is 0.636. The second-order valence-corrected chi connectivity index (χ2v) is 8.42. The smallest absolute Gasteiger partial charge is 0.257 e. The number of hydrogen-bond donors (Lipinski definition) is 0. The van der Waals surface area contributed by atoms with Crippen LogP contribution in [0.2, 0.25) is 0 Å². The molecule has 0 aliphatic carbocycles. The van der Waals surface area contributed by atoms with E-state index in [2.05, 4.69) is 5.10 Å². The lowest BCUT2D eigenvalue weighted by Gasteiger charge is -2.22. The molecule has 1 rings (SSSR count). The first-order valence-corrected chi connectivity index (χ1v) is 8.79. The Morgan fingerprint density at radius 3 is 2.29 bits per heavy atom. The van der Waals surface area contributed by atoms with Gasteiger partial charge < -0.3 is 0 Å². The minimum Gasteiger partial charge on any atom is -0.257 e. The molecule has 0 spiro atoms. The molecule has 0 aliphatic heterocycles. The highest BCUT2D eigenvalue weighted by atomic mass is 32.2. The minimum atomic E-state index is -4.77. The van der Waals surface area contributed by atoms with E-state index in [4.69, 9.17) is 5.26 Å². The van der Waals surface area contributed by atoms with E-state index in [-0.39, 0.29) is 0 Å². The van der Waals surface area contributed by atoms with Gasteiger partial charge in [0.2, 0.25) is 0 Å². The van der Waals surface area contributed by atoms with Crippen LogP contribution in [0.4, 0.5) is 26.3 Å². The van der Waals surface area contributed by atoms with Crippen molar-refractivity contribution in [2.45, 2.75) is 35.7 Å². The first-order valence-electron chi connectivity index (χ1n) is 6.15. The Morgan fingerprint density at radius 1 is 1.29 bits per heavy atom. The maximum absolute atomic E-state index is 12.4. The third-order valence-corrected chi connectivity index (χ3v) is 6.01. The molecule has 1 aromatic heterocycles. The van der Waals surface area contributed by atoms with Crippen LogP contribution >= 0.6 is 11.8 Å². The van der Waals surface area contributed by atoms with Gasteiger partial charge in [0.1, 0.15) is 5.88 Å². The number of halogens is 6. The zero-order valence-corrected chi connectivity index (χ0v) is 13.7. The second-order valence-electron chi connectivity index (χ2n) is 4.87. The van der Waals surface area contributed by atoms with Crippen molar-refractivity contribution in [1.82, 2.24) is 9.78 Å². The van der Waals surface area contributed by atoms with Crippen molar-refractivity contribution < 1.29 is 34.8 Å². The van der Waals surface area contributed by atoms with Gasteiger partial charge in [0.25, 0.3) is 0 Å². The monoisotopic (exact) mass is 395 g/mol. The molecular formula is C11H11F6N3O2S2. The van der Waals surface area contributed by atoms with Crippen molar-refractivity contribution in [3.8, 4) is 6.07 Å². The highest BCUT2D eigenvalue weighted by molar-refractivity contribution is 8.00. The third-order valence-electron chi connectivity index (χ3n) is 3.00. The predicted molar refractivity (Wildman–Crippen MR) is 73.3 cm³/mol. The lowest BCUT2D eigenvalue weighted by Crippen LogP contribution is -2.37. The maximum atomic E-state index is 12.4. The van der Waals surface area contributed by atoms with E-state index in [0.29, 0.717) is 10.7 Å². The summed E-state index contributed by atoms with van der Waals surface area (Å²) in [5.41, 5.74) is -5.90. The number of thioether (sulfide) groups is 1. The molecule has 0 aliphatic rings. The Morgan fingerprint density at radius 2 is 1.88 bits per heavy atom. The molecule has 1 aromatic rings. The summed E-state index contributed by atoms with van der Waals surface area (Å²) >= 11 is -0.481. The van der Waals surface area contributed by atoms with Gasteiger partial charge in [-0.15, -0.1) is 0 Å². The summed E-state index contributed by atoms with van der Waals surface area (Å²) in [5, 5.41) is 12.1. The standard InChI is InChI=1S/C11H11F6N3O2S2/c1-9(6-18,3-5-23-11(15,16)17)24(21,22)7-20-4-2-8(19-20)10(12,13)14/h2,4H,3,5,7H2,1H3. The van der Waals surface area contributed by atoms with Crippen LogP contribution in [0.5, 0.6) is 0 Å². The van der Waals surface area contributed by atoms with Gasteiger partial charge in [0.05, 0.1) is 6.07 Å². The summed E-state index contributed by atoms with van der Waals surface area (Å²) in [7, 11) is -4.38. The normalized spacial score (nSPS) is 15.8. The van der Waals surface area contributed by atoms with Gasteiger partial charge in [-0.3, -0.25) is 4.68 Å². The summed E-state index contributed by atoms with van der Waals surface area (Å²) < 4.78 is 96.3.